The Morgan fingerprint density at radius 2 is 2.38 bits per heavy atom. The molecule has 0 aliphatic heterocycles. The Balaban J connectivity index is 2.23. The van der Waals surface area contributed by atoms with Gasteiger partial charge in [-0.3, -0.25) is 5.10 Å². The molecule has 72 valence electrons. The molecule has 13 heavy (non-hydrogen) atoms. The van der Waals surface area contributed by atoms with E-state index >= 15 is 0 Å². The summed E-state index contributed by atoms with van der Waals surface area (Å²) in [5, 5.41) is 7.62. The number of rotatable bonds is 3. The van der Waals surface area contributed by atoms with Gasteiger partial charge in [0.15, 0.2) is 5.15 Å². The lowest BCUT2D eigenvalue weighted by Crippen LogP contribution is -2.18. The van der Waals surface area contributed by atoms with Gasteiger partial charge in [0.1, 0.15) is 0 Å². The van der Waals surface area contributed by atoms with Crippen molar-refractivity contribution in [1.29, 1.82) is 0 Å². The molecule has 0 aromatic carbocycles. The van der Waals surface area contributed by atoms with Crippen LogP contribution in [0.1, 0.15) is 36.9 Å². The first kappa shape index (κ1) is 9.03. The Bertz CT molecular complexity index is 302. The lowest BCUT2D eigenvalue weighted by molar-refractivity contribution is 0.731. The number of hydrogen-bond acceptors (Lipinski definition) is 2. The van der Waals surface area contributed by atoms with Crippen LogP contribution in [0.4, 0.5) is 0 Å². The number of H-pyrrole nitrogens is 1. The van der Waals surface area contributed by atoms with E-state index in [0.29, 0.717) is 11.1 Å². The van der Waals surface area contributed by atoms with Crippen LogP contribution in [0.25, 0.3) is 0 Å². The van der Waals surface area contributed by atoms with Crippen LogP contribution in [0, 0.1) is 0 Å². The van der Waals surface area contributed by atoms with Gasteiger partial charge in [0.25, 0.3) is 0 Å². The minimum absolute atomic E-state index is 0.146. The highest BCUT2D eigenvalue weighted by molar-refractivity contribution is 6.30. The predicted molar refractivity (Wildman–Crippen MR) is 52.9 cm³/mol. The highest BCUT2D eigenvalue weighted by atomic mass is 35.5. The van der Waals surface area contributed by atoms with Crippen molar-refractivity contribution in [3.05, 3.63) is 16.4 Å². The van der Waals surface area contributed by atoms with E-state index in [4.69, 9.17) is 17.3 Å². The average Bonchev–Trinajstić information content (AvgIpc) is 2.81. The number of aromatic amines is 1. The Morgan fingerprint density at radius 3 is 2.92 bits per heavy atom. The number of nitrogens with two attached hydrogens (primary N) is 1. The molecule has 1 aromatic rings. The first-order valence-electron chi connectivity index (χ1n) is 4.66. The molecule has 3 nitrogen and oxygen atoms in total. The van der Waals surface area contributed by atoms with Crippen molar-refractivity contribution >= 4 is 11.6 Å². The van der Waals surface area contributed by atoms with Gasteiger partial charge in [-0.2, -0.15) is 5.10 Å². The monoisotopic (exact) mass is 199 g/mol. The minimum atomic E-state index is 0.146. The predicted octanol–water partition coefficient (Wildman–Crippen LogP) is 1.83. The van der Waals surface area contributed by atoms with Gasteiger partial charge in [-0.05, 0) is 26.2 Å². The van der Waals surface area contributed by atoms with Gasteiger partial charge in [-0.1, -0.05) is 11.6 Å². The zero-order valence-corrected chi connectivity index (χ0v) is 8.43. The van der Waals surface area contributed by atoms with Crippen molar-refractivity contribution in [2.75, 3.05) is 0 Å². The van der Waals surface area contributed by atoms with Crippen LogP contribution in [0.15, 0.2) is 0 Å². The van der Waals surface area contributed by atoms with E-state index in [0.717, 1.165) is 12.0 Å². The van der Waals surface area contributed by atoms with Crippen LogP contribution in [-0.2, 0) is 6.42 Å². The zero-order valence-electron chi connectivity index (χ0n) is 7.68. The number of halogens is 1. The summed E-state index contributed by atoms with van der Waals surface area (Å²) in [4.78, 5) is 0. The minimum Gasteiger partial charge on any atom is -0.328 e. The maximum absolute atomic E-state index is 5.96. The quantitative estimate of drug-likeness (QED) is 0.781. The molecule has 1 saturated carbocycles. The molecule has 0 amide bonds. The Hall–Kier alpha value is -0.540. The van der Waals surface area contributed by atoms with Crippen molar-refractivity contribution in [2.45, 2.75) is 38.1 Å². The van der Waals surface area contributed by atoms with E-state index < -0.39 is 0 Å². The molecule has 1 aliphatic carbocycles. The van der Waals surface area contributed by atoms with Crippen molar-refractivity contribution in [3.63, 3.8) is 0 Å². The fraction of sp³-hybridized carbons (Fsp3) is 0.667. The third-order valence-corrected chi connectivity index (χ3v) is 2.67. The Kier molecular flexibility index (Phi) is 2.30. The van der Waals surface area contributed by atoms with Gasteiger partial charge < -0.3 is 5.73 Å². The molecule has 3 N–H and O–H groups in total. The number of nitrogens with zero attached hydrogens (tertiary/aromatic N) is 1. The van der Waals surface area contributed by atoms with Gasteiger partial charge in [-0.15, -0.1) is 0 Å². The van der Waals surface area contributed by atoms with Gasteiger partial charge in [-0.25, -0.2) is 0 Å². The first-order valence-corrected chi connectivity index (χ1v) is 5.04. The summed E-state index contributed by atoms with van der Waals surface area (Å²) in [5.41, 5.74) is 8.08. The number of nitrogens with one attached hydrogen (secondary N) is 1. The highest BCUT2D eigenvalue weighted by Crippen LogP contribution is 2.42. The second kappa shape index (κ2) is 3.31. The summed E-state index contributed by atoms with van der Waals surface area (Å²) in [5.74, 6) is 0.661. The highest BCUT2D eigenvalue weighted by Gasteiger charge is 2.29. The second-order valence-corrected chi connectivity index (χ2v) is 4.22. The number of hydrogen-bond donors (Lipinski definition) is 2. The molecule has 1 heterocycles. The smallest absolute Gasteiger partial charge is 0.154 e. The normalized spacial score (nSPS) is 19.0. The summed E-state index contributed by atoms with van der Waals surface area (Å²) in [6.45, 7) is 1.99. The molecule has 2 rings (SSSR count). The van der Waals surface area contributed by atoms with E-state index in [1.165, 1.54) is 18.5 Å². The lowest BCUT2D eigenvalue weighted by Gasteiger charge is -2.05. The van der Waals surface area contributed by atoms with Gasteiger partial charge >= 0.3 is 0 Å². The van der Waals surface area contributed by atoms with Crippen molar-refractivity contribution in [1.82, 2.24) is 10.2 Å². The molecule has 0 radical (unpaired) electrons. The first-order chi connectivity index (χ1) is 6.18. The third-order valence-electron chi connectivity index (χ3n) is 2.36. The average molecular weight is 200 g/mol. The van der Waals surface area contributed by atoms with Crippen molar-refractivity contribution in [2.24, 2.45) is 5.73 Å². The molecule has 0 bridgehead atoms. The lowest BCUT2D eigenvalue weighted by atomic mass is 10.1. The maximum Gasteiger partial charge on any atom is 0.154 e. The summed E-state index contributed by atoms with van der Waals surface area (Å²) < 4.78 is 0. The Labute approximate surface area is 82.7 Å². The van der Waals surface area contributed by atoms with Crippen LogP contribution in [-0.4, -0.2) is 16.2 Å². The van der Waals surface area contributed by atoms with E-state index in [2.05, 4.69) is 10.2 Å². The van der Waals surface area contributed by atoms with Crippen LogP contribution >= 0.6 is 11.6 Å². The molecule has 0 saturated heterocycles. The van der Waals surface area contributed by atoms with E-state index in [1.54, 1.807) is 0 Å². The van der Waals surface area contributed by atoms with Crippen LogP contribution < -0.4 is 5.73 Å². The van der Waals surface area contributed by atoms with Crippen molar-refractivity contribution < 1.29 is 0 Å². The summed E-state index contributed by atoms with van der Waals surface area (Å²) in [6.07, 6.45) is 3.33. The molecule has 1 aliphatic rings. The molecular formula is C9H14ClN3. The molecule has 0 spiro atoms. The standard InChI is InChI=1S/C9H14ClN3/c1-5(11)4-7-8(6-2-3-6)12-13-9(7)10/h5-6H,2-4,11H2,1H3,(H,12,13). The summed E-state index contributed by atoms with van der Waals surface area (Å²) in [6, 6.07) is 0.146. The molecule has 4 heteroatoms. The van der Waals surface area contributed by atoms with E-state index in [1.807, 2.05) is 6.92 Å². The fourth-order valence-electron chi connectivity index (χ4n) is 1.58. The zero-order chi connectivity index (χ0) is 9.42. The van der Waals surface area contributed by atoms with Gasteiger partial charge in [0, 0.05) is 23.2 Å². The van der Waals surface area contributed by atoms with Crippen molar-refractivity contribution in [3.8, 4) is 0 Å². The largest absolute Gasteiger partial charge is 0.328 e. The van der Waals surface area contributed by atoms with Crippen LogP contribution in [0.2, 0.25) is 5.15 Å². The van der Waals surface area contributed by atoms with Gasteiger partial charge in [0.2, 0.25) is 0 Å². The van der Waals surface area contributed by atoms with E-state index in [9.17, 15) is 0 Å². The third kappa shape index (κ3) is 1.86. The molecule has 1 fully saturated rings. The van der Waals surface area contributed by atoms with Crippen LogP contribution in [0.3, 0.4) is 0 Å². The maximum atomic E-state index is 5.96. The van der Waals surface area contributed by atoms with Gasteiger partial charge in [0.05, 0.1) is 0 Å². The molecular weight excluding hydrogens is 186 g/mol. The molecule has 1 atom stereocenters. The number of aromatic nitrogens is 2. The SMILES string of the molecule is CC(N)Cc1c(Cl)n[nH]c1C1CC1. The molecule has 1 aromatic heterocycles. The Morgan fingerprint density at radius 1 is 1.69 bits per heavy atom. The second-order valence-electron chi connectivity index (χ2n) is 3.86. The topological polar surface area (TPSA) is 54.7 Å². The molecule has 1 unspecified atom stereocenters. The van der Waals surface area contributed by atoms with Crippen LogP contribution in [0.5, 0.6) is 0 Å². The fourth-order valence-corrected chi connectivity index (χ4v) is 1.80. The summed E-state index contributed by atoms with van der Waals surface area (Å²) in [7, 11) is 0. The van der Waals surface area contributed by atoms with E-state index in [-0.39, 0.29) is 6.04 Å². The summed E-state index contributed by atoms with van der Waals surface area (Å²) >= 11 is 5.96.